The molecule has 5 nitrogen and oxygen atoms in total. The van der Waals surface area contributed by atoms with E-state index in [-0.39, 0.29) is 10.8 Å². The molecular formula is C20H23ClN2O3S. The van der Waals surface area contributed by atoms with E-state index in [9.17, 15) is 13.2 Å². The van der Waals surface area contributed by atoms with Gasteiger partial charge in [0.15, 0.2) is 0 Å². The zero-order valence-electron chi connectivity index (χ0n) is 15.2. The molecule has 0 radical (unpaired) electrons. The van der Waals surface area contributed by atoms with Crippen LogP contribution in [0.15, 0.2) is 53.4 Å². The summed E-state index contributed by atoms with van der Waals surface area (Å²) in [5.74, 6) is -0.239. The lowest BCUT2D eigenvalue weighted by Crippen LogP contribution is -2.46. The summed E-state index contributed by atoms with van der Waals surface area (Å²) in [6.07, 6.45) is 1.89. The molecule has 27 heavy (non-hydrogen) atoms. The second-order valence-corrected chi connectivity index (χ2v) is 9.08. The number of halogens is 1. The Bertz CT molecular complexity index is 896. The highest BCUT2D eigenvalue weighted by Gasteiger charge is 2.39. The number of hydrogen-bond acceptors (Lipinski definition) is 3. The summed E-state index contributed by atoms with van der Waals surface area (Å²) in [5, 5.41) is 3.54. The summed E-state index contributed by atoms with van der Waals surface area (Å²) in [4.78, 5) is 12.8. The van der Waals surface area contributed by atoms with E-state index in [1.165, 1.54) is 4.31 Å². The third-order valence-corrected chi connectivity index (χ3v) is 6.93. The minimum atomic E-state index is -3.67. The number of amides is 1. The Morgan fingerprint density at radius 3 is 2.48 bits per heavy atom. The number of sulfonamides is 1. The molecule has 1 heterocycles. The van der Waals surface area contributed by atoms with Crippen molar-refractivity contribution in [2.45, 2.75) is 37.1 Å². The fraction of sp³-hybridized carbons (Fsp3) is 0.350. The van der Waals surface area contributed by atoms with Crippen molar-refractivity contribution in [3.05, 3.63) is 64.7 Å². The molecule has 1 saturated heterocycles. The van der Waals surface area contributed by atoms with E-state index >= 15 is 0 Å². The van der Waals surface area contributed by atoms with Crippen LogP contribution in [0.5, 0.6) is 0 Å². The number of aryl methyl sites for hydroxylation is 1. The predicted molar refractivity (Wildman–Crippen MR) is 106 cm³/mol. The molecule has 1 fully saturated rings. The Morgan fingerprint density at radius 2 is 1.81 bits per heavy atom. The van der Waals surface area contributed by atoms with Crippen LogP contribution in [0.4, 0.5) is 0 Å². The summed E-state index contributed by atoms with van der Waals surface area (Å²) in [6.45, 7) is 2.73. The summed E-state index contributed by atoms with van der Waals surface area (Å²) >= 11 is 5.87. The zero-order chi connectivity index (χ0) is 19.4. The van der Waals surface area contributed by atoms with Crippen molar-refractivity contribution in [2.24, 2.45) is 0 Å². The minimum Gasteiger partial charge on any atom is -0.354 e. The number of carbonyl (C=O) groups is 1. The van der Waals surface area contributed by atoms with Gasteiger partial charge in [-0.05, 0) is 56.0 Å². The molecule has 0 spiro atoms. The lowest BCUT2D eigenvalue weighted by molar-refractivity contribution is -0.124. The molecule has 0 bridgehead atoms. The Balaban J connectivity index is 1.63. The number of benzene rings is 2. The van der Waals surface area contributed by atoms with Crippen LogP contribution in [-0.2, 0) is 21.2 Å². The lowest BCUT2D eigenvalue weighted by atomic mass is 10.1. The van der Waals surface area contributed by atoms with Gasteiger partial charge >= 0.3 is 0 Å². The maximum Gasteiger partial charge on any atom is 0.243 e. The largest absolute Gasteiger partial charge is 0.354 e. The van der Waals surface area contributed by atoms with E-state index in [1.807, 2.05) is 31.2 Å². The Hall–Kier alpha value is -1.89. The summed E-state index contributed by atoms with van der Waals surface area (Å²) < 4.78 is 27.2. The summed E-state index contributed by atoms with van der Waals surface area (Å²) in [7, 11) is -3.67. The van der Waals surface area contributed by atoms with E-state index in [0.717, 1.165) is 11.1 Å². The molecule has 0 aliphatic carbocycles. The molecule has 1 atom stereocenters. The van der Waals surface area contributed by atoms with Gasteiger partial charge in [0.05, 0.1) is 4.90 Å². The normalized spacial score (nSPS) is 17.8. The first-order valence-corrected chi connectivity index (χ1v) is 10.8. The van der Waals surface area contributed by atoms with Gasteiger partial charge in [0.25, 0.3) is 0 Å². The molecule has 0 saturated carbocycles. The Kier molecular flexibility index (Phi) is 6.19. The van der Waals surface area contributed by atoms with Crippen LogP contribution < -0.4 is 5.32 Å². The average molecular weight is 407 g/mol. The first kappa shape index (κ1) is 19.9. The van der Waals surface area contributed by atoms with Crippen LogP contribution >= 0.6 is 11.6 Å². The second kappa shape index (κ2) is 8.42. The molecule has 0 unspecified atom stereocenters. The van der Waals surface area contributed by atoms with Gasteiger partial charge in [-0.25, -0.2) is 8.42 Å². The zero-order valence-corrected chi connectivity index (χ0v) is 16.8. The van der Waals surface area contributed by atoms with Crippen molar-refractivity contribution in [1.82, 2.24) is 9.62 Å². The van der Waals surface area contributed by atoms with E-state index in [4.69, 9.17) is 11.6 Å². The van der Waals surface area contributed by atoms with Gasteiger partial charge in [-0.3, -0.25) is 4.79 Å². The van der Waals surface area contributed by atoms with Crippen molar-refractivity contribution >= 4 is 27.5 Å². The quantitative estimate of drug-likeness (QED) is 0.801. The van der Waals surface area contributed by atoms with Gasteiger partial charge in [-0.2, -0.15) is 4.31 Å². The smallest absolute Gasteiger partial charge is 0.243 e. The van der Waals surface area contributed by atoms with E-state index in [0.29, 0.717) is 37.4 Å². The maximum absolute atomic E-state index is 12.9. The fourth-order valence-electron chi connectivity index (χ4n) is 3.23. The molecular weight excluding hydrogens is 384 g/mol. The Labute approximate surface area is 165 Å². The number of nitrogens with one attached hydrogen (secondary N) is 1. The van der Waals surface area contributed by atoms with Crippen LogP contribution in [0.3, 0.4) is 0 Å². The van der Waals surface area contributed by atoms with Crippen LogP contribution in [0.2, 0.25) is 5.02 Å². The van der Waals surface area contributed by atoms with Gasteiger partial charge in [0, 0.05) is 18.1 Å². The number of nitrogens with zero attached hydrogens (tertiary/aromatic N) is 1. The lowest BCUT2D eigenvalue weighted by Gasteiger charge is -2.23. The van der Waals surface area contributed by atoms with Gasteiger partial charge in [-0.1, -0.05) is 41.4 Å². The maximum atomic E-state index is 12.9. The molecule has 1 aliphatic heterocycles. The third kappa shape index (κ3) is 4.69. The Morgan fingerprint density at radius 1 is 1.15 bits per heavy atom. The van der Waals surface area contributed by atoms with E-state index < -0.39 is 16.1 Å². The molecule has 2 aromatic carbocycles. The number of carbonyl (C=O) groups excluding carboxylic acids is 1. The molecule has 3 rings (SSSR count). The van der Waals surface area contributed by atoms with Gasteiger partial charge in [0.1, 0.15) is 6.04 Å². The fourth-order valence-corrected chi connectivity index (χ4v) is 5.02. The van der Waals surface area contributed by atoms with Crippen molar-refractivity contribution in [1.29, 1.82) is 0 Å². The van der Waals surface area contributed by atoms with E-state index in [1.54, 1.807) is 24.3 Å². The highest BCUT2D eigenvalue weighted by molar-refractivity contribution is 7.89. The third-order valence-electron chi connectivity index (χ3n) is 4.76. The monoisotopic (exact) mass is 406 g/mol. The SMILES string of the molecule is Cc1ccc(S(=O)(=O)N2CCC[C@H]2C(=O)NCCc2ccc(Cl)cc2)cc1. The van der Waals surface area contributed by atoms with Crippen LogP contribution in [0.1, 0.15) is 24.0 Å². The van der Waals surface area contributed by atoms with Crippen molar-refractivity contribution in [3.63, 3.8) is 0 Å². The number of rotatable bonds is 6. The molecule has 144 valence electrons. The second-order valence-electron chi connectivity index (χ2n) is 6.75. The van der Waals surface area contributed by atoms with Crippen LogP contribution in [-0.4, -0.2) is 37.8 Å². The molecule has 0 aromatic heterocycles. The standard InChI is InChI=1S/C20H23ClN2O3S/c1-15-4-10-18(11-5-15)27(25,26)23-14-2-3-19(23)20(24)22-13-12-16-6-8-17(21)9-7-16/h4-11,19H,2-3,12-14H2,1H3,(H,22,24)/t19-/m0/s1. The molecule has 1 aliphatic rings. The van der Waals surface area contributed by atoms with Gasteiger partial charge in [0.2, 0.25) is 15.9 Å². The first-order valence-electron chi connectivity index (χ1n) is 8.98. The minimum absolute atomic E-state index is 0.231. The highest BCUT2D eigenvalue weighted by Crippen LogP contribution is 2.26. The molecule has 2 aromatic rings. The van der Waals surface area contributed by atoms with Gasteiger partial charge in [-0.15, -0.1) is 0 Å². The van der Waals surface area contributed by atoms with Crippen LogP contribution in [0.25, 0.3) is 0 Å². The van der Waals surface area contributed by atoms with Crippen LogP contribution in [0, 0.1) is 6.92 Å². The predicted octanol–water partition coefficient (Wildman–Crippen LogP) is 3.16. The average Bonchev–Trinajstić information content (AvgIpc) is 3.14. The molecule has 1 N–H and O–H groups in total. The summed E-state index contributed by atoms with van der Waals surface area (Å²) in [5.41, 5.74) is 2.06. The molecule has 1 amide bonds. The van der Waals surface area contributed by atoms with Crippen molar-refractivity contribution in [2.75, 3.05) is 13.1 Å². The van der Waals surface area contributed by atoms with Gasteiger partial charge < -0.3 is 5.32 Å². The number of hydrogen-bond donors (Lipinski definition) is 1. The molecule has 7 heteroatoms. The van der Waals surface area contributed by atoms with Crippen molar-refractivity contribution < 1.29 is 13.2 Å². The van der Waals surface area contributed by atoms with E-state index in [2.05, 4.69) is 5.32 Å². The summed E-state index contributed by atoms with van der Waals surface area (Å²) in [6, 6.07) is 13.5. The highest BCUT2D eigenvalue weighted by atomic mass is 35.5. The first-order chi connectivity index (χ1) is 12.9. The topological polar surface area (TPSA) is 66.5 Å². The van der Waals surface area contributed by atoms with Crippen molar-refractivity contribution in [3.8, 4) is 0 Å².